The lowest BCUT2D eigenvalue weighted by molar-refractivity contribution is 0.0420. The Kier molecular flexibility index (Phi) is 12.8. The van der Waals surface area contributed by atoms with Crippen LogP contribution in [0.2, 0.25) is 0 Å². The molecule has 172 valence electrons. The minimum Gasteiger partial charge on any atom is -0.379 e. The molecular weight excluding hydrogens is 519 g/mol. The molecule has 1 aromatic rings. The molecule has 10 heteroatoms. The van der Waals surface area contributed by atoms with E-state index in [4.69, 9.17) is 9.47 Å². The van der Waals surface area contributed by atoms with Crippen molar-refractivity contribution < 1.29 is 17.9 Å². The molecule has 1 fully saturated rings. The van der Waals surface area contributed by atoms with Crippen molar-refractivity contribution in [3.63, 3.8) is 0 Å². The molecule has 0 aromatic heterocycles. The lowest BCUT2D eigenvalue weighted by atomic mass is 10.1. The number of aliphatic imine (C=N–C) groups is 1. The minimum absolute atomic E-state index is 0. The number of nitrogens with one attached hydrogen (secondary N) is 3. The molecular formula is C20H35IN4O4S. The number of sulfonamides is 1. The summed E-state index contributed by atoms with van der Waals surface area (Å²) < 4.78 is 38.2. The Morgan fingerprint density at radius 1 is 1.27 bits per heavy atom. The zero-order valence-corrected chi connectivity index (χ0v) is 21.2. The van der Waals surface area contributed by atoms with E-state index in [1.54, 1.807) is 7.05 Å². The van der Waals surface area contributed by atoms with Crippen molar-refractivity contribution in [2.45, 2.75) is 51.1 Å². The molecule has 1 atom stereocenters. The first-order chi connectivity index (χ1) is 13.9. The number of guanidine groups is 1. The Bertz CT molecular complexity index is 753. The van der Waals surface area contributed by atoms with Gasteiger partial charge in [-0.3, -0.25) is 4.99 Å². The maximum Gasteiger partial charge on any atom is 0.216 e. The fraction of sp³-hybridized carbons (Fsp3) is 0.650. The van der Waals surface area contributed by atoms with E-state index in [2.05, 4.69) is 20.3 Å². The maximum absolute atomic E-state index is 12.3. The Balaban J connectivity index is 0.00000450. The topological polar surface area (TPSA) is 101 Å². The SMILES string of the molecule is CN=C(NCCCOC1CCOC1)NCc1ccccc1CS(=O)(=O)NC(C)C.I. The van der Waals surface area contributed by atoms with E-state index in [1.807, 2.05) is 38.1 Å². The molecule has 3 N–H and O–H groups in total. The summed E-state index contributed by atoms with van der Waals surface area (Å²) in [7, 11) is -1.66. The molecule has 1 heterocycles. The summed E-state index contributed by atoms with van der Waals surface area (Å²) in [4.78, 5) is 4.22. The molecule has 0 saturated carbocycles. The van der Waals surface area contributed by atoms with Crippen molar-refractivity contribution in [2.24, 2.45) is 4.99 Å². The van der Waals surface area contributed by atoms with E-state index in [9.17, 15) is 8.42 Å². The summed E-state index contributed by atoms with van der Waals surface area (Å²) in [5.74, 6) is 0.629. The molecule has 1 unspecified atom stereocenters. The number of rotatable bonds is 11. The molecule has 0 spiro atoms. The predicted octanol–water partition coefficient (Wildman–Crippen LogP) is 1.99. The van der Waals surface area contributed by atoms with Crippen molar-refractivity contribution in [3.8, 4) is 0 Å². The molecule has 0 bridgehead atoms. The van der Waals surface area contributed by atoms with E-state index >= 15 is 0 Å². The molecule has 2 rings (SSSR count). The van der Waals surface area contributed by atoms with Crippen molar-refractivity contribution in [2.75, 3.05) is 33.4 Å². The summed E-state index contributed by atoms with van der Waals surface area (Å²) in [5.41, 5.74) is 1.70. The monoisotopic (exact) mass is 554 g/mol. The molecule has 1 aliphatic heterocycles. The Morgan fingerprint density at radius 2 is 2.00 bits per heavy atom. The molecule has 1 saturated heterocycles. The van der Waals surface area contributed by atoms with Crippen LogP contribution in [0.15, 0.2) is 29.3 Å². The molecule has 1 aliphatic rings. The first-order valence-corrected chi connectivity index (χ1v) is 11.8. The Hall–Kier alpha value is -0.950. The van der Waals surface area contributed by atoms with Crippen LogP contribution in [-0.4, -0.2) is 59.9 Å². The van der Waals surface area contributed by atoms with Crippen LogP contribution < -0.4 is 15.4 Å². The highest BCUT2D eigenvalue weighted by atomic mass is 127. The fourth-order valence-corrected chi connectivity index (χ4v) is 4.54. The van der Waals surface area contributed by atoms with Crippen LogP contribution in [0.4, 0.5) is 0 Å². The summed E-state index contributed by atoms with van der Waals surface area (Å²) in [6.45, 7) is 7.01. The van der Waals surface area contributed by atoms with Crippen LogP contribution in [0.1, 0.15) is 37.8 Å². The standard InChI is InChI=1S/C20H34N4O4S.HI/c1-16(2)24-29(25,26)15-18-8-5-4-7-17(18)13-23-20(21-3)22-10-6-11-28-19-9-12-27-14-19;/h4-5,7-8,16,19,24H,6,9-15H2,1-3H3,(H2,21,22,23);1H. The van der Waals surface area contributed by atoms with Crippen LogP contribution >= 0.6 is 24.0 Å². The van der Waals surface area contributed by atoms with Gasteiger partial charge in [0.1, 0.15) is 0 Å². The number of nitrogens with zero attached hydrogens (tertiary/aromatic N) is 1. The summed E-state index contributed by atoms with van der Waals surface area (Å²) in [5, 5.41) is 6.50. The number of halogens is 1. The van der Waals surface area contributed by atoms with Gasteiger partial charge in [0.2, 0.25) is 10.0 Å². The normalized spacial score (nSPS) is 17.1. The highest BCUT2D eigenvalue weighted by Gasteiger charge is 2.16. The van der Waals surface area contributed by atoms with Crippen molar-refractivity contribution in [1.29, 1.82) is 0 Å². The van der Waals surface area contributed by atoms with Gasteiger partial charge in [-0.25, -0.2) is 13.1 Å². The average molecular weight is 554 g/mol. The third kappa shape index (κ3) is 10.4. The average Bonchev–Trinajstić information content (AvgIpc) is 3.17. The van der Waals surface area contributed by atoms with E-state index in [1.165, 1.54) is 0 Å². The number of hydrogen-bond acceptors (Lipinski definition) is 5. The van der Waals surface area contributed by atoms with E-state index in [0.717, 1.165) is 37.1 Å². The second kappa shape index (κ2) is 14.2. The fourth-order valence-electron chi connectivity index (χ4n) is 3.05. The highest BCUT2D eigenvalue weighted by Crippen LogP contribution is 2.12. The van der Waals surface area contributed by atoms with E-state index in [-0.39, 0.29) is 41.9 Å². The molecule has 0 radical (unpaired) electrons. The van der Waals surface area contributed by atoms with E-state index < -0.39 is 10.0 Å². The first-order valence-electron chi connectivity index (χ1n) is 10.1. The van der Waals surface area contributed by atoms with Crippen LogP contribution in [0.25, 0.3) is 0 Å². The second-order valence-corrected chi connectivity index (χ2v) is 9.12. The number of hydrogen-bond donors (Lipinski definition) is 3. The maximum atomic E-state index is 12.3. The van der Waals surface area contributed by atoms with Gasteiger partial charge in [-0.05, 0) is 37.8 Å². The minimum atomic E-state index is -3.37. The first kappa shape index (κ1) is 27.1. The van der Waals surface area contributed by atoms with Crippen LogP contribution in [-0.2, 0) is 31.8 Å². The molecule has 30 heavy (non-hydrogen) atoms. The van der Waals surface area contributed by atoms with Gasteiger partial charge in [-0.2, -0.15) is 0 Å². The Labute approximate surface area is 197 Å². The summed E-state index contributed by atoms with van der Waals surface area (Å²) in [6, 6.07) is 7.41. The lowest BCUT2D eigenvalue weighted by Gasteiger charge is -2.15. The highest BCUT2D eigenvalue weighted by molar-refractivity contribution is 14.0. The molecule has 0 amide bonds. The van der Waals surface area contributed by atoms with Crippen molar-refractivity contribution in [1.82, 2.24) is 15.4 Å². The van der Waals surface area contributed by atoms with Crippen LogP contribution in [0, 0.1) is 0 Å². The second-order valence-electron chi connectivity index (χ2n) is 7.36. The van der Waals surface area contributed by atoms with Gasteiger partial charge in [-0.1, -0.05) is 24.3 Å². The van der Waals surface area contributed by atoms with Gasteiger partial charge in [0, 0.05) is 39.4 Å². The van der Waals surface area contributed by atoms with Crippen LogP contribution in [0.3, 0.4) is 0 Å². The van der Waals surface area contributed by atoms with Gasteiger partial charge in [0.05, 0.1) is 18.5 Å². The van der Waals surface area contributed by atoms with Crippen molar-refractivity contribution in [3.05, 3.63) is 35.4 Å². The lowest BCUT2D eigenvalue weighted by Crippen LogP contribution is -2.38. The zero-order chi connectivity index (χ0) is 21.1. The van der Waals surface area contributed by atoms with Gasteiger partial charge in [0.25, 0.3) is 0 Å². The molecule has 0 aliphatic carbocycles. The third-order valence-electron chi connectivity index (χ3n) is 4.40. The number of ether oxygens (including phenoxy) is 2. The van der Waals surface area contributed by atoms with Crippen molar-refractivity contribution >= 4 is 40.0 Å². The van der Waals surface area contributed by atoms with Gasteiger partial charge >= 0.3 is 0 Å². The Morgan fingerprint density at radius 3 is 2.63 bits per heavy atom. The molecule has 1 aromatic carbocycles. The largest absolute Gasteiger partial charge is 0.379 e. The summed E-state index contributed by atoms with van der Waals surface area (Å²) in [6.07, 6.45) is 2.07. The smallest absolute Gasteiger partial charge is 0.216 e. The quantitative estimate of drug-likeness (QED) is 0.168. The van der Waals surface area contributed by atoms with Gasteiger partial charge in [0.15, 0.2) is 5.96 Å². The zero-order valence-electron chi connectivity index (χ0n) is 18.0. The summed E-state index contributed by atoms with van der Waals surface area (Å²) >= 11 is 0. The van der Waals surface area contributed by atoms with Gasteiger partial charge < -0.3 is 20.1 Å². The third-order valence-corrected chi connectivity index (χ3v) is 5.93. The van der Waals surface area contributed by atoms with Crippen LogP contribution in [0.5, 0.6) is 0 Å². The molecule has 8 nitrogen and oxygen atoms in total. The predicted molar refractivity (Wildman–Crippen MR) is 131 cm³/mol. The van der Waals surface area contributed by atoms with E-state index in [0.29, 0.717) is 25.7 Å². The van der Waals surface area contributed by atoms with Gasteiger partial charge in [-0.15, -0.1) is 24.0 Å². The number of benzene rings is 1.